The molecule has 0 fully saturated rings. The largest absolute Gasteiger partial charge is 0.330 e. The van der Waals surface area contributed by atoms with Crippen molar-refractivity contribution in [3.05, 3.63) is 23.2 Å². The molecule has 0 aliphatic rings. The van der Waals surface area contributed by atoms with E-state index in [0.717, 1.165) is 31.2 Å². The highest BCUT2D eigenvalue weighted by molar-refractivity contribution is 6.35. The maximum atomic E-state index is 11.8. The monoisotopic (exact) mass is 294 g/mol. The number of aromatic nitrogens is 2. The number of nitrogens with two attached hydrogens (primary N) is 1. The molecule has 1 heterocycles. The third-order valence-corrected chi connectivity index (χ3v) is 3.38. The summed E-state index contributed by atoms with van der Waals surface area (Å²) in [5, 5.41) is 3.33. The van der Waals surface area contributed by atoms with E-state index in [2.05, 4.69) is 15.3 Å². The summed E-state index contributed by atoms with van der Waals surface area (Å²) < 4.78 is 0. The first-order chi connectivity index (χ1) is 9.70. The Morgan fingerprint density at radius 2 is 2.10 bits per heavy atom. The van der Waals surface area contributed by atoms with E-state index in [4.69, 9.17) is 17.3 Å². The van der Waals surface area contributed by atoms with Crippen molar-refractivity contribution in [2.75, 3.05) is 11.9 Å². The minimum Gasteiger partial charge on any atom is -0.330 e. The molecule has 20 heavy (non-hydrogen) atoms. The number of para-hydroxylation sites is 1. The van der Waals surface area contributed by atoms with Crippen LogP contribution in [0, 0.1) is 0 Å². The smallest absolute Gasteiger partial charge is 0.226 e. The van der Waals surface area contributed by atoms with Crippen molar-refractivity contribution in [2.45, 2.75) is 32.1 Å². The minimum atomic E-state index is -0.0343. The third-order valence-electron chi connectivity index (χ3n) is 3.08. The highest BCUT2D eigenvalue weighted by atomic mass is 35.5. The van der Waals surface area contributed by atoms with Gasteiger partial charge in [0.05, 0.1) is 10.5 Å². The summed E-state index contributed by atoms with van der Waals surface area (Å²) in [6.07, 6.45) is 4.48. The molecule has 0 unspecified atom stereocenters. The molecule has 0 aliphatic carbocycles. The first-order valence-electron chi connectivity index (χ1n) is 6.85. The van der Waals surface area contributed by atoms with Gasteiger partial charge in [-0.2, -0.15) is 0 Å². The van der Waals surface area contributed by atoms with Crippen LogP contribution in [0.25, 0.3) is 11.0 Å². The number of anilines is 1. The van der Waals surface area contributed by atoms with Crippen molar-refractivity contribution in [2.24, 2.45) is 5.73 Å². The number of nitrogens with zero attached hydrogens (tertiary/aromatic N) is 1. The number of carbonyl (C=O) groups excluding carboxylic acids is 1. The van der Waals surface area contributed by atoms with Gasteiger partial charge in [-0.05, 0) is 31.5 Å². The summed E-state index contributed by atoms with van der Waals surface area (Å²) >= 11 is 6.03. The van der Waals surface area contributed by atoms with Crippen molar-refractivity contribution in [3.8, 4) is 0 Å². The summed E-state index contributed by atoms with van der Waals surface area (Å²) in [6, 6.07) is 5.48. The molecule has 6 heteroatoms. The molecule has 1 aromatic carbocycles. The van der Waals surface area contributed by atoms with Crippen LogP contribution in [0.15, 0.2) is 18.2 Å². The predicted octanol–water partition coefficient (Wildman–Crippen LogP) is 3.06. The fourth-order valence-corrected chi connectivity index (χ4v) is 2.25. The zero-order chi connectivity index (χ0) is 14.4. The molecule has 4 N–H and O–H groups in total. The second kappa shape index (κ2) is 7.26. The third kappa shape index (κ3) is 3.95. The summed E-state index contributed by atoms with van der Waals surface area (Å²) in [7, 11) is 0. The van der Waals surface area contributed by atoms with E-state index < -0.39 is 0 Å². The number of rotatable bonds is 7. The van der Waals surface area contributed by atoms with E-state index >= 15 is 0 Å². The van der Waals surface area contributed by atoms with E-state index in [-0.39, 0.29) is 5.91 Å². The SMILES string of the molecule is NCCCCCCC(=O)Nc1nc2c(Cl)cccc2[nH]1. The molecule has 0 saturated heterocycles. The van der Waals surface area contributed by atoms with Crippen molar-refractivity contribution in [3.63, 3.8) is 0 Å². The standard InChI is InChI=1S/C14H19ClN4O/c15-10-6-5-7-11-13(10)19-14(17-11)18-12(20)8-3-1-2-4-9-16/h5-7H,1-4,8-9,16H2,(H2,17,18,19,20). The Balaban J connectivity index is 1.85. The molecule has 1 aromatic heterocycles. The molecule has 0 spiro atoms. The maximum Gasteiger partial charge on any atom is 0.226 e. The molecular formula is C14H19ClN4O. The molecule has 108 valence electrons. The Morgan fingerprint density at radius 1 is 1.30 bits per heavy atom. The highest BCUT2D eigenvalue weighted by Gasteiger charge is 2.08. The second-order valence-corrected chi connectivity index (χ2v) is 5.13. The lowest BCUT2D eigenvalue weighted by atomic mass is 10.1. The molecule has 0 saturated carbocycles. The van der Waals surface area contributed by atoms with Crippen molar-refractivity contribution in [1.82, 2.24) is 9.97 Å². The van der Waals surface area contributed by atoms with Gasteiger partial charge in [0.2, 0.25) is 11.9 Å². The van der Waals surface area contributed by atoms with E-state index in [1.165, 1.54) is 0 Å². The van der Waals surface area contributed by atoms with E-state index in [9.17, 15) is 4.79 Å². The van der Waals surface area contributed by atoms with Gasteiger partial charge in [-0.15, -0.1) is 0 Å². The number of carbonyl (C=O) groups is 1. The molecule has 0 aliphatic heterocycles. The van der Waals surface area contributed by atoms with Crippen molar-refractivity contribution >= 4 is 34.5 Å². The average Bonchev–Trinajstić information content (AvgIpc) is 2.82. The Labute approximate surface area is 122 Å². The number of H-pyrrole nitrogens is 1. The maximum absolute atomic E-state index is 11.8. The normalized spacial score (nSPS) is 10.9. The first-order valence-corrected chi connectivity index (χ1v) is 7.22. The lowest BCUT2D eigenvalue weighted by Gasteiger charge is -2.01. The van der Waals surface area contributed by atoms with Crippen LogP contribution in [0.4, 0.5) is 5.95 Å². The number of aromatic amines is 1. The van der Waals surface area contributed by atoms with Gasteiger partial charge in [0, 0.05) is 6.42 Å². The minimum absolute atomic E-state index is 0.0343. The zero-order valence-corrected chi connectivity index (χ0v) is 12.0. The lowest BCUT2D eigenvalue weighted by Crippen LogP contribution is -2.12. The highest BCUT2D eigenvalue weighted by Crippen LogP contribution is 2.22. The number of unbranched alkanes of at least 4 members (excludes halogenated alkanes) is 3. The van der Waals surface area contributed by atoms with Crippen molar-refractivity contribution < 1.29 is 4.79 Å². The summed E-state index contributed by atoms with van der Waals surface area (Å²) in [4.78, 5) is 19.1. The summed E-state index contributed by atoms with van der Waals surface area (Å²) in [5.41, 5.74) is 6.91. The van der Waals surface area contributed by atoms with Crippen LogP contribution in [-0.4, -0.2) is 22.4 Å². The van der Waals surface area contributed by atoms with Gasteiger partial charge in [0.25, 0.3) is 0 Å². The van der Waals surface area contributed by atoms with Crippen LogP contribution >= 0.6 is 11.6 Å². The number of hydrogen-bond donors (Lipinski definition) is 3. The fourth-order valence-electron chi connectivity index (χ4n) is 2.03. The molecule has 0 bridgehead atoms. The molecule has 0 atom stereocenters. The Kier molecular flexibility index (Phi) is 5.38. The number of hydrogen-bond acceptors (Lipinski definition) is 3. The van der Waals surface area contributed by atoms with Crippen LogP contribution in [0.3, 0.4) is 0 Å². The van der Waals surface area contributed by atoms with Crippen LogP contribution in [0.1, 0.15) is 32.1 Å². The summed E-state index contributed by atoms with van der Waals surface area (Å²) in [6.45, 7) is 0.714. The predicted molar refractivity (Wildman–Crippen MR) is 81.9 cm³/mol. The van der Waals surface area contributed by atoms with E-state index in [1.54, 1.807) is 6.07 Å². The average molecular weight is 295 g/mol. The van der Waals surface area contributed by atoms with Crippen molar-refractivity contribution in [1.29, 1.82) is 0 Å². The van der Waals surface area contributed by atoms with Crippen LogP contribution in [0.2, 0.25) is 5.02 Å². The number of halogens is 1. The van der Waals surface area contributed by atoms with Gasteiger partial charge in [-0.25, -0.2) is 4.98 Å². The number of amides is 1. The molecule has 2 rings (SSSR count). The molecule has 2 aromatic rings. The number of fused-ring (bicyclic) bond motifs is 1. The molecular weight excluding hydrogens is 276 g/mol. The van der Waals surface area contributed by atoms with Gasteiger partial charge in [-0.3, -0.25) is 10.1 Å². The number of benzene rings is 1. The molecule has 0 radical (unpaired) electrons. The van der Waals surface area contributed by atoms with E-state index in [1.807, 2.05) is 12.1 Å². The quantitative estimate of drug-likeness (QED) is 0.686. The Bertz CT molecular complexity index is 582. The second-order valence-electron chi connectivity index (χ2n) is 4.72. The van der Waals surface area contributed by atoms with Crippen LogP contribution in [-0.2, 0) is 4.79 Å². The molecule has 1 amide bonds. The van der Waals surface area contributed by atoms with Gasteiger partial charge >= 0.3 is 0 Å². The fraction of sp³-hybridized carbons (Fsp3) is 0.429. The zero-order valence-electron chi connectivity index (χ0n) is 11.3. The van der Waals surface area contributed by atoms with Gasteiger partial charge in [0.1, 0.15) is 5.52 Å². The topological polar surface area (TPSA) is 83.8 Å². The van der Waals surface area contributed by atoms with Crippen LogP contribution in [0.5, 0.6) is 0 Å². The Hall–Kier alpha value is -1.59. The Morgan fingerprint density at radius 3 is 2.85 bits per heavy atom. The van der Waals surface area contributed by atoms with E-state index in [0.29, 0.717) is 29.5 Å². The molecule has 5 nitrogen and oxygen atoms in total. The number of imidazole rings is 1. The number of nitrogens with one attached hydrogen (secondary N) is 2. The van der Waals surface area contributed by atoms with Crippen LogP contribution < -0.4 is 11.1 Å². The lowest BCUT2D eigenvalue weighted by molar-refractivity contribution is -0.116. The van der Waals surface area contributed by atoms with Gasteiger partial charge < -0.3 is 10.7 Å². The first kappa shape index (κ1) is 14.8. The van der Waals surface area contributed by atoms with Gasteiger partial charge in [-0.1, -0.05) is 30.5 Å². The van der Waals surface area contributed by atoms with Gasteiger partial charge in [0.15, 0.2) is 0 Å². The summed E-state index contributed by atoms with van der Waals surface area (Å²) in [5.74, 6) is 0.410.